The van der Waals surface area contributed by atoms with Gasteiger partial charge in [-0.25, -0.2) is 0 Å². The molecule has 0 bridgehead atoms. The number of nitrogens with two attached hydrogens (primary N) is 3. The van der Waals surface area contributed by atoms with Crippen molar-refractivity contribution in [2.24, 2.45) is 23.1 Å². The van der Waals surface area contributed by atoms with Gasteiger partial charge in [-0.1, -0.05) is 50.8 Å². The monoisotopic (exact) mass is 517 g/mol. The van der Waals surface area contributed by atoms with Gasteiger partial charge < -0.3 is 27.6 Å². The van der Waals surface area contributed by atoms with Crippen molar-refractivity contribution >= 4 is 29.3 Å². The van der Waals surface area contributed by atoms with E-state index in [1.165, 1.54) is 13.8 Å². The summed E-state index contributed by atoms with van der Waals surface area (Å²) in [6, 6.07) is 5.85. The third kappa shape index (κ3) is 7.62. The fraction of sp³-hybridized carbons (Fsp3) is 0.500. The first-order valence-electron chi connectivity index (χ1n) is 12.0. The van der Waals surface area contributed by atoms with E-state index in [-0.39, 0.29) is 35.8 Å². The van der Waals surface area contributed by atoms with Crippen LogP contribution in [0.4, 0.5) is 0 Å². The van der Waals surface area contributed by atoms with Crippen molar-refractivity contribution in [1.82, 2.24) is 10.2 Å². The Balaban J connectivity index is 3.88. The van der Waals surface area contributed by atoms with E-state index >= 15 is 0 Å². The van der Waals surface area contributed by atoms with E-state index in [9.17, 15) is 29.1 Å². The summed E-state index contributed by atoms with van der Waals surface area (Å²) in [6.45, 7) is 8.44. The number of rotatable bonds is 14. The number of carbonyl (C=O) groups is 5. The minimum Gasteiger partial charge on any atom is -0.392 e. The van der Waals surface area contributed by atoms with Crippen LogP contribution in [0.25, 0.3) is 0 Å². The van der Waals surface area contributed by atoms with Crippen LogP contribution in [0.3, 0.4) is 0 Å². The number of Topliss-reactive ketones (excluding diaryl/α,β-unsaturated/α-hetero) is 2. The molecule has 1 aromatic rings. The van der Waals surface area contributed by atoms with Crippen molar-refractivity contribution < 1.29 is 29.1 Å². The fourth-order valence-corrected chi connectivity index (χ4v) is 3.84. The first-order chi connectivity index (χ1) is 17.2. The lowest BCUT2D eigenvalue weighted by Gasteiger charge is -2.41. The minimum atomic E-state index is -3.05. The van der Waals surface area contributed by atoms with Gasteiger partial charge in [-0.2, -0.15) is 0 Å². The number of nitrogens with one attached hydrogen (secondary N) is 1. The summed E-state index contributed by atoms with van der Waals surface area (Å²) in [6.07, 6.45) is -1.05. The van der Waals surface area contributed by atoms with Crippen LogP contribution < -0.4 is 22.5 Å². The van der Waals surface area contributed by atoms with Gasteiger partial charge >= 0.3 is 0 Å². The molecule has 0 aliphatic carbocycles. The Morgan fingerprint density at radius 3 is 2.03 bits per heavy atom. The molecule has 0 aliphatic heterocycles. The Kier molecular flexibility index (Phi) is 11.9. The van der Waals surface area contributed by atoms with Gasteiger partial charge in [0.25, 0.3) is 11.4 Å². The smallest absolute Gasteiger partial charge is 0.262 e. The lowest BCUT2D eigenvalue weighted by atomic mass is 9.81. The van der Waals surface area contributed by atoms with Crippen LogP contribution in [-0.4, -0.2) is 76.1 Å². The Hall–Kier alpha value is -3.25. The molecular weight excluding hydrogens is 478 g/mol. The van der Waals surface area contributed by atoms with E-state index in [1.807, 2.05) is 0 Å². The Labute approximate surface area is 217 Å². The predicted molar refractivity (Wildman–Crippen MR) is 139 cm³/mol. The highest BCUT2D eigenvalue weighted by Gasteiger charge is 2.61. The van der Waals surface area contributed by atoms with Crippen LogP contribution in [0.5, 0.6) is 0 Å². The molecule has 37 heavy (non-hydrogen) atoms. The third-order valence-corrected chi connectivity index (χ3v) is 5.63. The van der Waals surface area contributed by atoms with Crippen LogP contribution in [0.2, 0.25) is 0 Å². The number of aliphatic hydroxyl groups excluding tert-OH is 1. The molecule has 11 nitrogen and oxygen atoms in total. The van der Waals surface area contributed by atoms with Gasteiger partial charge in [-0.3, -0.25) is 28.9 Å². The highest BCUT2D eigenvalue weighted by molar-refractivity contribution is 6.36. The molecule has 0 heterocycles. The van der Waals surface area contributed by atoms with Gasteiger partial charge in [-0.15, -0.1) is 0 Å². The largest absolute Gasteiger partial charge is 0.392 e. The molecular formula is C26H39N5O6. The van der Waals surface area contributed by atoms with Crippen LogP contribution in [0.1, 0.15) is 39.7 Å². The summed E-state index contributed by atoms with van der Waals surface area (Å²) in [4.78, 5) is 68.5. The number of imide groups is 1. The van der Waals surface area contributed by atoms with Crippen molar-refractivity contribution in [2.45, 2.75) is 64.3 Å². The first-order valence-corrected chi connectivity index (χ1v) is 12.0. The summed E-state index contributed by atoms with van der Waals surface area (Å²) in [5.74, 6) is -6.15. The molecule has 0 radical (unpaired) electrons. The average Bonchev–Trinajstić information content (AvgIpc) is 2.84. The Morgan fingerprint density at radius 2 is 1.57 bits per heavy atom. The van der Waals surface area contributed by atoms with Crippen molar-refractivity contribution in [1.29, 1.82) is 0 Å². The summed E-state index contributed by atoms with van der Waals surface area (Å²) < 4.78 is 0. The zero-order valence-corrected chi connectivity index (χ0v) is 21.9. The molecule has 0 saturated heterocycles. The van der Waals surface area contributed by atoms with Gasteiger partial charge in [-0.05, 0) is 43.7 Å². The van der Waals surface area contributed by atoms with E-state index < -0.39 is 59.6 Å². The van der Waals surface area contributed by atoms with Crippen molar-refractivity contribution in [3.8, 4) is 0 Å². The summed E-state index contributed by atoms with van der Waals surface area (Å²) in [5, 5.41) is 12.0. The van der Waals surface area contributed by atoms with Gasteiger partial charge in [0.15, 0.2) is 5.78 Å². The normalized spacial score (nSPS) is 15.2. The molecule has 3 amide bonds. The number of nitrogens with zero attached hydrogens (tertiary/aromatic N) is 1. The van der Waals surface area contributed by atoms with Crippen LogP contribution in [-0.2, 0) is 30.4 Å². The maximum absolute atomic E-state index is 13.8. The maximum Gasteiger partial charge on any atom is 0.262 e. The van der Waals surface area contributed by atoms with Crippen LogP contribution in [0, 0.1) is 5.92 Å². The molecule has 11 heteroatoms. The summed E-state index contributed by atoms with van der Waals surface area (Å²) in [7, 11) is 0. The van der Waals surface area contributed by atoms with E-state index in [1.54, 1.807) is 44.2 Å². The number of carbonyl (C=O) groups excluding carboxylic acids is 5. The first kappa shape index (κ1) is 31.8. The minimum absolute atomic E-state index is 0.0632. The number of ketones is 2. The molecule has 0 aromatic heterocycles. The van der Waals surface area contributed by atoms with E-state index in [0.29, 0.717) is 5.56 Å². The molecule has 204 valence electrons. The highest BCUT2D eigenvalue weighted by Crippen LogP contribution is 2.26. The topological polar surface area (TPSA) is 199 Å². The van der Waals surface area contributed by atoms with Crippen molar-refractivity contribution in [3.63, 3.8) is 0 Å². The van der Waals surface area contributed by atoms with Crippen molar-refractivity contribution in [3.05, 3.63) is 48.0 Å². The third-order valence-electron chi connectivity index (χ3n) is 5.63. The SMILES string of the molecule is C=C(C)C(=O)C(C(=O)CN)(C(=O)NCC(C)O)N(C(=O)C(N)Cc1ccccc1)C(=O)C(N)CC(C)C. The zero-order chi connectivity index (χ0) is 28.5. The quantitative estimate of drug-likeness (QED) is 0.155. The number of hydrogen-bond donors (Lipinski definition) is 5. The van der Waals surface area contributed by atoms with E-state index in [0.717, 1.165) is 0 Å². The fourth-order valence-electron chi connectivity index (χ4n) is 3.84. The van der Waals surface area contributed by atoms with Gasteiger partial charge in [0.05, 0.1) is 24.7 Å². The predicted octanol–water partition coefficient (Wildman–Crippen LogP) is -0.806. The molecule has 0 spiro atoms. The second-order valence-corrected chi connectivity index (χ2v) is 9.55. The van der Waals surface area contributed by atoms with Gasteiger partial charge in [0.2, 0.25) is 17.6 Å². The van der Waals surface area contributed by atoms with Crippen molar-refractivity contribution in [2.75, 3.05) is 13.1 Å². The number of aliphatic hydroxyl groups is 1. The second-order valence-electron chi connectivity index (χ2n) is 9.55. The molecule has 8 N–H and O–H groups in total. The molecule has 0 aliphatic rings. The average molecular weight is 518 g/mol. The lowest BCUT2D eigenvalue weighted by molar-refractivity contribution is -0.168. The second kappa shape index (κ2) is 13.9. The zero-order valence-electron chi connectivity index (χ0n) is 21.9. The summed E-state index contributed by atoms with van der Waals surface area (Å²) in [5.41, 5.74) is 15.2. The number of benzene rings is 1. The molecule has 4 unspecified atom stereocenters. The number of hydrogen-bond acceptors (Lipinski definition) is 9. The number of amides is 3. The molecule has 4 atom stereocenters. The standard InChI is InChI=1S/C26H39N5O6/c1-15(2)11-19(28)23(35)31(24(36)20(29)12-18-9-7-6-8-10-18)26(21(33)13-27,22(34)16(3)4)25(37)30-14-17(5)32/h6-10,15,17,19-20,32H,3,11-14,27-29H2,1-2,4-5H3,(H,30,37). The Morgan fingerprint density at radius 1 is 1.03 bits per heavy atom. The van der Waals surface area contributed by atoms with Crippen LogP contribution >= 0.6 is 0 Å². The highest BCUT2D eigenvalue weighted by atomic mass is 16.3. The molecule has 1 rings (SSSR count). The molecule has 0 saturated carbocycles. The lowest BCUT2D eigenvalue weighted by Crippen LogP contribution is -2.75. The Bertz CT molecular complexity index is 1010. The van der Waals surface area contributed by atoms with Gasteiger partial charge in [0, 0.05) is 6.54 Å². The van der Waals surface area contributed by atoms with E-state index in [4.69, 9.17) is 17.2 Å². The van der Waals surface area contributed by atoms with E-state index in [2.05, 4.69) is 11.9 Å². The summed E-state index contributed by atoms with van der Waals surface area (Å²) >= 11 is 0. The van der Waals surface area contributed by atoms with Gasteiger partial charge in [0.1, 0.15) is 0 Å². The molecule has 0 fully saturated rings. The maximum atomic E-state index is 13.8. The van der Waals surface area contributed by atoms with Crippen LogP contribution in [0.15, 0.2) is 42.5 Å². The molecule has 1 aromatic carbocycles.